The SMILES string of the molecule is Cl.N[C@H](c1cn2ncc([C@@H](C3CC3)N3CCC4(CC4)NC3=O)cc2n1)C1CCC(F)(F)CC1. The topological polar surface area (TPSA) is 88.5 Å². The van der Waals surface area contributed by atoms with E-state index in [0.29, 0.717) is 30.1 Å². The van der Waals surface area contributed by atoms with Gasteiger partial charge in [-0.15, -0.1) is 12.4 Å². The molecule has 0 aromatic carbocycles. The Bertz CT molecular complexity index is 1040. The van der Waals surface area contributed by atoms with E-state index in [0.717, 1.165) is 44.2 Å². The van der Waals surface area contributed by atoms with Gasteiger partial charge in [-0.05, 0) is 68.4 Å². The van der Waals surface area contributed by atoms with Crippen LogP contribution in [0.3, 0.4) is 0 Å². The lowest BCUT2D eigenvalue weighted by Crippen LogP contribution is -2.54. The van der Waals surface area contributed by atoms with E-state index < -0.39 is 5.92 Å². The van der Waals surface area contributed by atoms with Gasteiger partial charge >= 0.3 is 6.03 Å². The molecule has 10 heteroatoms. The van der Waals surface area contributed by atoms with E-state index in [1.165, 1.54) is 0 Å². The molecule has 0 radical (unpaired) electrons. The molecule has 1 saturated heterocycles. The van der Waals surface area contributed by atoms with Gasteiger partial charge in [0.25, 0.3) is 0 Å². The molecule has 1 aliphatic heterocycles. The fourth-order valence-electron chi connectivity index (χ4n) is 5.60. The van der Waals surface area contributed by atoms with Crippen LogP contribution in [0.15, 0.2) is 18.5 Å². The molecule has 2 amide bonds. The Morgan fingerprint density at radius 3 is 2.45 bits per heavy atom. The van der Waals surface area contributed by atoms with E-state index in [1.54, 1.807) is 4.52 Å². The maximum Gasteiger partial charge on any atom is 0.318 e. The largest absolute Gasteiger partial charge is 0.332 e. The number of amides is 2. The van der Waals surface area contributed by atoms with E-state index in [1.807, 2.05) is 23.4 Å². The van der Waals surface area contributed by atoms with Crippen molar-refractivity contribution in [2.24, 2.45) is 17.6 Å². The lowest BCUT2D eigenvalue weighted by Gasteiger charge is -2.38. The van der Waals surface area contributed by atoms with Gasteiger partial charge in [-0.3, -0.25) is 0 Å². The van der Waals surface area contributed by atoms with Crippen molar-refractivity contribution < 1.29 is 13.6 Å². The predicted octanol–water partition coefficient (Wildman–Crippen LogP) is 4.38. The number of rotatable bonds is 5. The first-order chi connectivity index (χ1) is 15.3. The zero-order valence-corrected chi connectivity index (χ0v) is 19.4. The monoisotopic (exact) mass is 480 g/mol. The standard InChI is InChI=1S/C23H30F2N6O.ClH/c24-23(25)5-3-14(4-6-23)19(26)17-13-31-18(28-17)11-16(12-27-31)20(15-1-2-15)30-10-9-22(7-8-22)29-21(30)32;/h11-15,19-20H,1-10,26H2,(H,29,32);1H/t19-,20+;/m0./s1. The summed E-state index contributed by atoms with van der Waals surface area (Å²) in [5.74, 6) is -2.10. The van der Waals surface area contributed by atoms with Crippen LogP contribution in [-0.4, -0.2) is 43.5 Å². The molecule has 4 fully saturated rings. The third-order valence-corrected chi connectivity index (χ3v) is 8.03. The summed E-state index contributed by atoms with van der Waals surface area (Å²) >= 11 is 0. The molecule has 6 rings (SSSR count). The van der Waals surface area contributed by atoms with Crippen LogP contribution in [0.1, 0.15) is 81.1 Å². The minimum atomic E-state index is -2.57. The number of urea groups is 1. The zero-order chi connectivity index (χ0) is 22.1. The molecule has 2 aromatic heterocycles. The van der Waals surface area contributed by atoms with Crippen molar-refractivity contribution in [2.45, 2.75) is 81.3 Å². The lowest BCUT2D eigenvalue weighted by atomic mass is 9.81. The van der Waals surface area contributed by atoms with E-state index in [4.69, 9.17) is 10.7 Å². The number of nitrogens with two attached hydrogens (primary N) is 1. The average Bonchev–Trinajstić information content (AvgIpc) is 3.68. The molecule has 3 aliphatic carbocycles. The highest BCUT2D eigenvalue weighted by Gasteiger charge is 2.50. The quantitative estimate of drug-likeness (QED) is 0.664. The van der Waals surface area contributed by atoms with Crippen LogP contribution in [-0.2, 0) is 0 Å². The summed E-state index contributed by atoms with van der Waals surface area (Å²) in [6, 6.07) is 1.68. The Hall–Kier alpha value is -2.00. The first kappa shape index (κ1) is 22.8. The highest BCUT2D eigenvalue weighted by Crippen LogP contribution is 2.48. The first-order valence-electron chi connectivity index (χ1n) is 11.9. The molecule has 33 heavy (non-hydrogen) atoms. The Morgan fingerprint density at radius 2 is 1.82 bits per heavy atom. The maximum atomic E-state index is 13.5. The van der Waals surface area contributed by atoms with Crippen molar-refractivity contribution in [3.63, 3.8) is 0 Å². The first-order valence-corrected chi connectivity index (χ1v) is 11.9. The van der Waals surface area contributed by atoms with Gasteiger partial charge in [0.2, 0.25) is 5.92 Å². The molecule has 4 aliphatic rings. The van der Waals surface area contributed by atoms with Gasteiger partial charge < -0.3 is 16.0 Å². The second-order valence-corrected chi connectivity index (χ2v) is 10.4. The van der Waals surface area contributed by atoms with Crippen molar-refractivity contribution in [2.75, 3.05) is 6.54 Å². The number of nitrogens with zero attached hydrogens (tertiary/aromatic N) is 4. The highest BCUT2D eigenvalue weighted by molar-refractivity contribution is 5.85. The number of carbonyl (C=O) groups excluding carboxylic acids is 1. The Kier molecular flexibility index (Phi) is 5.55. The third kappa shape index (κ3) is 4.30. The van der Waals surface area contributed by atoms with Crippen molar-refractivity contribution in [1.29, 1.82) is 0 Å². The third-order valence-electron chi connectivity index (χ3n) is 8.03. The summed E-state index contributed by atoms with van der Waals surface area (Å²) in [5.41, 5.74) is 8.88. The summed E-state index contributed by atoms with van der Waals surface area (Å²) in [4.78, 5) is 19.6. The van der Waals surface area contributed by atoms with Crippen LogP contribution in [0.4, 0.5) is 13.6 Å². The number of carbonyl (C=O) groups is 1. The van der Waals surface area contributed by atoms with Gasteiger partial charge in [0.05, 0.1) is 30.2 Å². The second kappa shape index (κ2) is 8.05. The second-order valence-electron chi connectivity index (χ2n) is 10.4. The molecule has 7 nitrogen and oxygen atoms in total. The number of halogens is 3. The number of hydrogen-bond acceptors (Lipinski definition) is 4. The summed E-state index contributed by atoms with van der Waals surface area (Å²) in [6.07, 6.45) is 9.66. The molecule has 3 saturated carbocycles. The fourth-order valence-corrected chi connectivity index (χ4v) is 5.60. The van der Waals surface area contributed by atoms with Crippen LogP contribution in [0, 0.1) is 11.8 Å². The molecular formula is C23H31ClF2N6O. The van der Waals surface area contributed by atoms with Crippen LogP contribution in [0.5, 0.6) is 0 Å². The molecule has 3 N–H and O–H groups in total. The van der Waals surface area contributed by atoms with Gasteiger partial charge in [-0.1, -0.05) is 0 Å². The molecule has 1 spiro atoms. The summed E-state index contributed by atoms with van der Waals surface area (Å²) in [5, 5.41) is 7.79. The maximum absolute atomic E-state index is 13.5. The molecule has 3 heterocycles. The van der Waals surface area contributed by atoms with E-state index in [-0.39, 0.29) is 54.8 Å². The fraction of sp³-hybridized carbons (Fsp3) is 0.696. The Labute approximate surface area is 197 Å². The number of nitrogens with one attached hydrogen (secondary N) is 1. The molecule has 2 aromatic rings. The summed E-state index contributed by atoms with van der Waals surface area (Å²) in [6.45, 7) is 0.773. The number of aromatic nitrogens is 3. The average molecular weight is 481 g/mol. The van der Waals surface area contributed by atoms with E-state index in [9.17, 15) is 13.6 Å². The van der Waals surface area contributed by atoms with Crippen molar-refractivity contribution in [3.05, 3.63) is 29.7 Å². The zero-order valence-electron chi connectivity index (χ0n) is 18.6. The van der Waals surface area contributed by atoms with E-state index >= 15 is 0 Å². The summed E-state index contributed by atoms with van der Waals surface area (Å²) in [7, 11) is 0. The molecule has 0 bridgehead atoms. The van der Waals surface area contributed by atoms with Crippen LogP contribution in [0.25, 0.3) is 5.65 Å². The molecule has 0 unspecified atom stereocenters. The van der Waals surface area contributed by atoms with Crippen LogP contribution >= 0.6 is 12.4 Å². The van der Waals surface area contributed by atoms with Gasteiger partial charge in [0, 0.05) is 24.9 Å². The van der Waals surface area contributed by atoms with Crippen LogP contribution in [0.2, 0.25) is 0 Å². The number of imidazole rings is 1. The Morgan fingerprint density at radius 1 is 1.09 bits per heavy atom. The smallest absolute Gasteiger partial charge is 0.318 e. The van der Waals surface area contributed by atoms with E-state index in [2.05, 4.69) is 10.4 Å². The van der Waals surface area contributed by atoms with Gasteiger partial charge in [-0.25, -0.2) is 23.1 Å². The van der Waals surface area contributed by atoms with Crippen molar-refractivity contribution >= 4 is 24.1 Å². The van der Waals surface area contributed by atoms with Gasteiger partial charge in [0.1, 0.15) is 0 Å². The summed E-state index contributed by atoms with van der Waals surface area (Å²) < 4.78 is 28.8. The van der Waals surface area contributed by atoms with Crippen molar-refractivity contribution in [3.8, 4) is 0 Å². The highest BCUT2D eigenvalue weighted by atomic mass is 35.5. The molecular weight excluding hydrogens is 450 g/mol. The van der Waals surface area contributed by atoms with Gasteiger partial charge in [-0.2, -0.15) is 5.10 Å². The van der Waals surface area contributed by atoms with Crippen molar-refractivity contribution in [1.82, 2.24) is 24.8 Å². The molecule has 180 valence electrons. The predicted molar refractivity (Wildman–Crippen MR) is 121 cm³/mol. The lowest BCUT2D eigenvalue weighted by molar-refractivity contribution is -0.0484. The minimum Gasteiger partial charge on any atom is -0.332 e. The Balaban J connectivity index is 0.00000228. The number of alkyl halides is 2. The number of hydrogen-bond donors (Lipinski definition) is 2. The van der Waals surface area contributed by atoms with Crippen LogP contribution < -0.4 is 11.1 Å². The number of fused-ring (bicyclic) bond motifs is 1. The van der Waals surface area contributed by atoms with Gasteiger partial charge in [0.15, 0.2) is 5.65 Å². The molecule has 2 atom stereocenters. The minimum absolute atomic E-state index is 0. The normalized spacial score (nSPS) is 26.0.